The fourth-order valence-corrected chi connectivity index (χ4v) is 4.14. The van der Waals surface area contributed by atoms with Crippen LogP contribution in [0.25, 0.3) is 0 Å². The Morgan fingerprint density at radius 2 is 2.29 bits per heavy atom. The van der Waals surface area contributed by atoms with Gasteiger partial charge in [0.15, 0.2) is 0 Å². The SMILES string of the molecule is CCNC(=O)C1CNCCN1S(=O)(=O)c1cccc(Cl)c1. The van der Waals surface area contributed by atoms with Crippen molar-refractivity contribution < 1.29 is 13.2 Å². The molecule has 2 N–H and O–H groups in total. The van der Waals surface area contributed by atoms with Gasteiger partial charge in [-0.2, -0.15) is 4.31 Å². The van der Waals surface area contributed by atoms with Gasteiger partial charge >= 0.3 is 0 Å². The third-order valence-electron chi connectivity index (χ3n) is 3.25. The number of amides is 1. The predicted molar refractivity (Wildman–Crippen MR) is 80.7 cm³/mol. The number of sulfonamides is 1. The molecule has 1 aliphatic rings. The largest absolute Gasteiger partial charge is 0.355 e. The molecule has 1 aromatic carbocycles. The lowest BCUT2D eigenvalue weighted by Gasteiger charge is -2.34. The van der Waals surface area contributed by atoms with E-state index in [2.05, 4.69) is 10.6 Å². The molecule has 1 heterocycles. The van der Waals surface area contributed by atoms with Gasteiger partial charge in [-0.05, 0) is 25.1 Å². The van der Waals surface area contributed by atoms with Crippen molar-refractivity contribution in [1.29, 1.82) is 0 Å². The standard InChI is InChI=1S/C13H18ClN3O3S/c1-2-16-13(18)12-9-15-6-7-17(12)21(19,20)11-5-3-4-10(14)8-11/h3-5,8,12,15H,2,6-7,9H2,1H3,(H,16,18). The minimum absolute atomic E-state index is 0.103. The van der Waals surface area contributed by atoms with Crippen LogP contribution < -0.4 is 10.6 Å². The lowest BCUT2D eigenvalue weighted by atomic mass is 10.2. The summed E-state index contributed by atoms with van der Waals surface area (Å²) in [4.78, 5) is 12.2. The molecule has 6 nitrogen and oxygen atoms in total. The zero-order valence-corrected chi connectivity index (χ0v) is 13.2. The second kappa shape index (κ2) is 6.74. The van der Waals surface area contributed by atoms with Gasteiger partial charge in [-0.15, -0.1) is 0 Å². The minimum atomic E-state index is -3.75. The maximum atomic E-state index is 12.7. The topological polar surface area (TPSA) is 78.5 Å². The van der Waals surface area contributed by atoms with Crippen LogP contribution in [0.5, 0.6) is 0 Å². The summed E-state index contributed by atoms with van der Waals surface area (Å²) in [5, 5.41) is 6.06. The van der Waals surface area contributed by atoms with Crippen LogP contribution in [0, 0.1) is 0 Å². The van der Waals surface area contributed by atoms with Crippen molar-refractivity contribution in [3.8, 4) is 0 Å². The number of nitrogens with zero attached hydrogens (tertiary/aromatic N) is 1. The second-order valence-corrected chi connectivity index (χ2v) is 7.01. The number of piperazine rings is 1. The van der Waals surface area contributed by atoms with Crippen molar-refractivity contribution in [1.82, 2.24) is 14.9 Å². The summed E-state index contributed by atoms with van der Waals surface area (Å²) in [6, 6.07) is 5.33. The first kappa shape index (κ1) is 16.2. The van der Waals surface area contributed by atoms with Crippen molar-refractivity contribution in [2.24, 2.45) is 0 Å². The molecular formula is C13H18ClN3O3S. The van der Waals surface area contributed by atoms with Gasteiger partial charge in [-0.1, -0.05) is 17.7 Å². The molecule has 1 aromatic rings. The van der Waals surface area contributed by atoms with E-state index in [0.29, 0.717) is 24.7 Å². The predicted octanol–water partition coefficient (Wildman–Crippen LogP) is 0.439. The van der Waals surface area contributed by atoms with E-state index in [9.17, 15) is 13.2 Å². The van der Waals surface area contributed by atoms with Crippen molar-refractivity contribution in [3.05, 3.63) is 29.3 Å². The normalized spacial score (nSPS) is 20.2. The van der Waals surface area contributed by atoms with Gasteiger partial charge < -0.3 is 10.6 Å². The van der Waals surface area contributed by atoms with Crippen molar-refractivity contribution in [2.45, 2.75) is 17.9 Å². The molecule has 1 unspecified atom stereocenters. The minimum Gasteiger partial charge on any atom is -0.355 e. The van der Waals surface area contributed by atoms with Crippen LogP contribution >= 0.6 is 11.6 Å². The van der Waals surface area contributed by atoms with Crippen LogP contribution in [0.4, 0.5) is 0 Å². The first-order chi connectivity index (χ1) is 9.96. The fourth-order valence-electron chi connectivity index (χ4n) is 2.25. The number of nitrogens with one attached hydrogen (secondary N) is 2. The van der Waals surface area contributed by atoms with Gasteiger partial charge in [0.1, 0.15) is 6.04 Å². The first-order valence-electron chi connectivity index (χ1n) is 6.72. The summed E-state index contributed by atoms with van der Waals surface area (Å²) in [5.74, 6) is -0.296. The van der Waals surface area contributed by atoms with Crippen LogP contribution in [0.15, 0.2) is 29.2 Å². The zero-order valence-electron chi connectivity index (χ0n) is 11.7. The Morgan fingerprint density at radius 3 is 2.95 bits per heavy atom. The number of carbonyl (C=O) groups excluding carboxylic acids is 1. The first-order valence-corrected chi connectivity index (χ1v) is 8.54. The van der Waals surface area contributed by atoms with E-state index in [0.717, 1.165) is 0 Å². The molecule has 116 valence electrons. The number of carbonyl (C=O) groups is 1. The summed E-state index contributed by atoms with van der Waals surface area (Å²) in [6.07, 6.45) is 0. The van der Waals surface area contributed by atoms with Crippen molar-refractivity contribution in [3.63, 3.8) is 0 Å². The molecule has 0 saturated carbocycles. The average molecular weight is 332 g/mol. The van der Waals surface area contributed by atoms with Crippen molar-refractivity contribution >= 4 is 27.5 Å². The Morgan fingerprint density at radius 1 is 1.52 bits per heavy atom. The number of hydrogen-bond acceptors (Lipinski definition) is 4. The molecule has 0 spiro atoms. The average Bonchev–Trinajstić information content (AvgIpc) is 2.47. The molecule has 0 radical (unpaired) electrons. The van der Waals surface area contributed by atoms with E-state index in [1.165, 1.54) is 16.4 Å². The van der Waals surface area contributed by atoms with E-state index in [4.69, 9.17) is 11.6 Å². The molecule has 2 rings (SSSR count). The third-order valence-corrected chi connectivity index (χ3v) is 5.39. The second-order valence-electron chi connectivity index (χ2n) is 4.69. The Labute approximate surface area is 129 Å². The summed E-state index contributed by atoms with van der Waals surface area (Å²) in [7, 11) is -3.75. The van der Waals surface area contributed by atoms with Gasteiger partial charge in [-0.3, -0.25) is 4.79 Å². The molecule has 1 fully saturated rings. The summed E-state index contributed by atoms with van der Waals surface area (Å²) in [6.45, 7) is 3.31. The highest BCUT2D eigenvalue weighted by molar-refractivity contribution is 7.89. The molecular weight excluding hydrogens is 314 g/mol. The highest BCUT2D eigenvalue weighted by atomic mass is 35.5. The monoisotopic (exact) mass is 331 g/mol. The van der Waals surface area contributed by atoms with Gasteiger partial charge in [0.25, 0.3) is 0 Å². The molecule has 21 heavy (non-hydrogen) atoms. The fraction of sp³-hybridized carbons (Fsp3) is 0.462. The molecule has 1 saturated heterocycles. The molecule has 0 aromatic heterocycles. The van der Waals surface area contributed by atoms with E-state index in [1.54, 1.807) is 19.1 Å². The summed E-state index contributed by atoms with van der Waals surface area (Å²) < 4.78 is 26.7. The number of halogens is 1. The van der Waals surface area contributed by atoms with Crippen LogP contribution in [0.2, 0.25) is 5.02 Å². The Balaban J connectivity index is 2.34. The van der Waals surface area contributed by atoms with Crippen LogP contribution in [-0.4, -0.2) is 50.9 Å². The maximum absolute atomic E-state index is 12.7. The molecule has 8 heteroatoms. The third kappa shape index (κ3) is 3.55. The number of benzene rings is 1. The van der Waals surface area contributed by atoms with Crippen LogP contribution in [0.3, 0.4) is 0 Å². The molecule has 0 bridgehead atoms. The molecule has 1 aliphatic heterocycles. The highest BCUT2D eigenvalue weighted by Gasteiger charge is 2.37. The molecule has 1 atom stereocenters. The van der Waals surface area contributed by atoms with Gasteiger partial charge in [-0.25, -0.2) is 8.42 Å². The Bertz CT molecular complexity index is 621. The van der Waals surface area contributed by atoms with Gasteiger partial charge in [0.2, 0.25) is 15.9 Å². The van der Waals surface area contributed by atoms with E-state index >= 15 is 0 Å². The van der Waals surface area contributed by atoms with Crippen LogP contribution in [0.1, 0.15) is 6.92 Å². The highest BCUT2D eigenvalue weighted by Crippen LogP contribution is 2.22. The van der Waals surface area contributed by atoms with E-state index in [-0.39, 0.29) is 17.3 Å². The van der Waals surface area contributed by atoms with E-state index in [1.807, 2.05) is 0 Å². The Kier molecular flexibility index (Phi) is 5.21. The number of rotatable bonds is 4. The number of hydrogen-bond donors (Lipinski definition) is 2. The Hall–Kier alpha value is -1.15. The number of likely N-dealkylation sites (N-methyl/N-ethyl adjacent to an activating group) is 1. The van der Waals surface area contributed by atoms with Crippen molar-refractivity contribution in [2.75, 3.05) is 26.2 Å². The summed E-state index contributed by atoms with van der Waals surface area (Å²) in [5.41, 5.74) is 0. The lowest BCUT2D eigenvalue weighted by molar-refractivity contribution is -0.125. The molecule has 0 aliphatic carbocycles. The zero-order chi connectivity index (χ0) is 15.5. The van der Waals surface area contributed by atoms with Crippen LogP contribution in [-0.2, 0) is 14.8 Å². The maximum Gasteiger partial charge on any atom is 0.243 e. The quantitative estimate of drug-likeness (QED) is 0.839. The molecule has 1 amide bonds. The van der Waals surface area contributed by atoms with E-state index < -0.39 is 16.1 Å². The van der Waals surface area contributed by atoms with Gasteiger partial charge in [0, 0.05) is 31.2 Å². The smallest absolute Gasteiger partial charge is 0.243 e. The summed E-state index contributed by atoms with van der Waals surface area (Å²) >= 11 is 5.86. The lowest BCUT2D eigenvalue weighted by Crippen LogP contribution is -2.59. The van der Waals surface area contributed by atoms with Gasteiger partial charge in [0.05, 0.1) is 4.90 Å².